The molecule has 0 aliphatic rings. The number of nitrogens with one attached hydrogen (secondary N) is 2. The molecular formula is C13H20N2OS. The molecule has 1 aromatic carbocycles. The Hall–Kier alpha value is -1.29. The molecule has 1 aromatic rings. The SMILES string of the molecule is CC.CNC(=O)C(=N)c1c(C)cc(C)cc1S. The molecule has 0 aliphatic heterocycles. The van der Waals surface area contributed by atoms with E-state index in [-0.39, 0.29) is 5.71 Å². The molecule has 0 saturated heterocycles. The van der Waals surface area contributed by atoms with Gasteiger partial charge in [-0.15, -0.1) is 12.6 Å². The van der Waals surface area contributed by atoms with E-state index in [0.29, 0.717) is 10.5 Å². The number of hydrogen-bond donors (Lipinski definition) is 3. The molecule has 0 heterocycles. The maximum absolute atomic E-state index is 11.3. The van der Waals surface area contributed by atoms with Crippen molar-refractivity contribution in [1.82, 2.24) is 5.32 Å². The van der Waals surface area contributed by atoms with Crippen LogP contribution in [0.5, 0.6) is 0 Å². The summed E-state index contributed by atoms with van der Waals surface area (Å²) in [5, 5.41) is 10.2. The van der Waals surface area contributed by atoms with Crippen molar-refractivity contribution in [2.75, 3.05) is 7.05 Å². The van der Waals surface area contributed by atoms with Crippen LogP contribution in [0.2, 0.25) is 0 Å². The smallest absolute Gasteiger partial charge is 0.269 e. The third kappa shape index (κ3) is 3.89. The number of rotatable bonds is 2. The fourth-order valence-corrected chi connectivity index (χ4v) is 2.00. The molecule has 0 aliphatic carbocycles. The van der Waals surface area contributed by atoms with E-state index in [0.717, 1.165) is 11.1 Å². The van der Waals surface area contributed by atoms with Gasteiger partial charge in [-0.1, -0.05) is 19.9 Å². The number of thiol groups is 1. The van der Waals surface area contributed by atoms with Crippen molar-refractivity contribution in [2.45, 2.75) is 32.6 Å². The minimum absolute atomic E-state index is 0.0417. The third-order valence-corrected chi connectivity index (χ3v) is 2.52. The van der Waals surface area contributed by atoms with Crippen molar-refractivity contribution in [2.24, 2.45) is 0 Å². The molecule has 1 rings (SSSR count). The Morgan fingerprint density at radius 3 is 2.24 bits per heavy atom. The van der Waals surface area contributed by atoms with Crippen LogP contribution in [0.3, 0.4) is 0 Å². The number of hydrogen-bond acceptors (Lipinski definition) is 3. The number of benzene rings is 1. The summed E-state index contributed by atoms with van der Waals surface area (Å²) in [5.41, 5.74) is 2.53. The van der Waals surface area contributed by atoms with Crippen LogP contribution in [0, 0.1) is 19.3 Å². The second-order valence-electron chi connectivity index (χ2n) is 3.43. The van der Waals surface area contributed by atoms with E-state index in [4.69, 9.17) is 5.41 Å². The lowest BCUT2D eigenvalue weighted by Crippen LogP contribution is -2.28. The molecule has 0 unspecified atom stereocenters. The van der Waals surface area contributed by atoms with Crippen LogP contribution in [-0.4, -0.2) is 18.7 Å². The number of carbonyl (C=O) groups excluding carboxylic acids is 1. The molecule has 3 nitrogen and oxygen atoms in total. The standard InChI is InChI=1S/C11H14N2OS.C2H6/c1-6-4-7(2)9(8(15)5-6)10(12)11(14)13-3;1-2/h4-5,12,15H,1-3H3,(H,13,14);1-2H3. The first-order chi connectivity index (χ1) is 7.97. The molecule has 0 atom stereocenters. The summed E-state index contributed by atoms with van der Waals surface area (Å²) < 4.78 is 0. The minimum atomic E-state index is -0.391. The summed E-state index contributed by atoms with van der Waals surface area (Å²) in [7, 11) is 1.51. The van der Waals surface area contributed by atoms with E-state index in [1.165, 1.54) is 7.05 Å². The Kier molecular flexibility index (Phi) is 6.58. The van der Waals surface area contributed by atoms with Crippen LogP contribution < -0.4 is 5.32 Å². The average molecular weight is 252 g/mol. The van der Waals surface area contributed by atoms with Crippen LogP contribution in [0.1, 0.15) is 30.5 Å². The molecular weight excluding hydrogens is 232 g/mol. The summed E-state index contributed by atoms with van der Waals surface area (Å²) in [6.45, 7) is 7.83. The molecule has 0 spiro atoms. The van der Waals surface area contributed by atoms with Crippen molar-refractivity contribution in [3.05, 3.63) is 28.8 Å². The predicted molar refractivity (Wildman–Crippen MR) is 75.4 cm³/mol. The molecule has 94 valence electrons. The Balaban J connectivity index is 0.00000121. The highest BCUT2D eigenvalue weighted by Crippen LogP contribution is 2.20. The molecule has 0 saturated carbocycles. The van der Waals surface area contributed by atoms with Crippen LogP contribution in [-0.2, 0) is 4.79 Å². The lowest BCUT2D eigenvalue weighted by molar-refractivity contribution is -0.114. The van der Waals surface area contributed by atoms with Gasteiger partial charge in [-0.05, 0) is 31.0 Å². The molecule has 4 heteroatoms. The first-order valence-corrected chi connectivity index (χ1v) is 6.03. The second-order valence-corrected chi connectivity index (χ2v) is 3.91. The maximum atomic E-state index is 11.3. The molecule has 0 fully saturated rings. The van der Waals surface area contributed by atoms with Crippen LogP contribution in [0.15, 0.2) is 17.0 Å². The first-order valence-electron chi connectivity index (χ1n) is 5.58. The monoisotopic (exact) mass is 252 g/mol. The zero-order valence-electron chi connectivity index (χ0n) is 11.0. The van der Waals surface area contributed by atoms with Gasteiger partial charge < -0.3 is 5.32 Å². The fourth-order valence-electron chi connectivity index (χ4n) is 1.51. The number of carbonyl (C=O) groups is 1. The Morgan fingerprint density at radius 1 is 1.29 bits per heavy atom. The first kappa shape index (κ1) is 15.7. The normalized spacial score (nSPS) is 9.06. The van der Waals surface area contributed by atoms with Crippen molar-refractivity contribution in [3.8, 4) is 0 Å². The van der Waals surface area contributed by atoms with Crippen molar-refractivity contribution >= 4 is 24.2 Å². The highest BCUT2D eigenvalue weighted by atomic mass is 32.1. The molecule has 1 amide bonds. The average Bonchev–Trinajstić information content (AvgIpc) is 2.29. The van der Waals surface area contributed by atoms with Gasteiger partial charge in [-0.3, -0.25) is 10.2 Å². The number of aryl methyl sites for hydroxylation is 2. The van der Waals surface area contributed by atoms with Gasteiger partial charge in [0, 0.05) is 17.5 Å². The molecule has 0 bridgehead atoms. The minimum Gasteiger partial charge on any atom is -0.354 e. The van der Waals surface area contributed by atoms with E-state index in [1.807, 2.05) is 39.8 Å². The molecule has 2 N–H and O–H groups in total. The Bertz CT molecular complexity index is 404. The van der Waals surface area contributed by atoms with E-state index >= 15 is 0 Å². The summed E-state index contributed by atoms with van der Waals surface area (Å²) in [6.07, 6.45) is 0. The summed E-state index contributed by atoms with van der Waals surface area (Å²) in [4.78, 5) is 12.0. The Labute approximate surface area is 109 Å². The molecule has 0 aromatic heterocycles. The van der Waals surface area contributed by atoms with Gasteiger partial charge in [0.2, 0.25) is 0 Å². The van der Waals surface area contributed by atoms with Crippen LogP contribution >= 0.6 is 12.6 Å². The zero-order chi connectivity index (χ0) is 13.6. The zero-order valence-corrected chi connectivity index (χ0v) is 11.9. The van der Waals surface area contributed by atoms with Crippen LogP contribution in [0.4, 0.5) is 0 Å². The van der Waals surface area contributed by atoms with Gasteiger partial charge in [0.25, 0.3) is 5.91 Å². The van der Waals surface area contributed by atoms with Crippen molar-refractivity contribution < 1.29 is 4.79 Å². The Morgan fingerprint density at radius 2 is 1.82 bits per heavy atom. The van der Waals surface area contributed by atoms with Crippen LogP contribution in [0.25, 0.3) is 0 Å². The third-order valence-electron chi connectivity index (χ3n) is 2.16. The lowest BCUT2D eigenvalue weighted by atomic mass is 10.0. The van der Waals surface area contributed by atoms with Gasteiger partial charge in [0.05, 0.1) is 0 Å². The van der Waals surface area contributed by atoms with Gasteiger partial charge >= 0.3 is 0 Å². The lowest BCUT2D eigenvalue weighted by Gasteiger charge is -2.10. The highest BCUT2D eigenvalue weighted by Gasteiger charge is 2.15. The van der Waals surface area contributed by atoms with Gasteiger partial charge in [-0.25, -0.2) is 0 Å². The maximum Gasteiger partial charge on any atom is 0.269 e. The summed E-state index contributed by atoms with van der Waals surface area (Å²) in [6, 6.07) is 3.79. The summed E-state index contributed by atoms with van der Waals surface area (Å²) >= 11 is 4.29. The van der Waals surface area contributed by atoms with E-state index in [1.54, 1.807) is 0 Å². The predicted octanol–water partition coefficient (Wildman–Crippen LogP) is 2.73. The topological polar surface area (TPSA) is 53.0 Å². The van der Waals surface area contributed by atoms with Gasteiger partial charge in [-0.2, -0.15) is 0 Å². The van der Waals surface area contributed by atoms with E-state index < -0.39 is 5.91 Å². The second kappa shape index (κ2) is 7.12. The number of amides is 1. The highest BCUT2D eigenvalue weighted by molar-refractivity contribution is 7.80. The molecule has 17 heavy (non-hydrogen) atoms. The van der Waals surface area contributed by atoms with E-state index in [9.17, 15) is 4.79 Å². The van der Waals surface area contributed by atoms with Crippen molar-refractivity contribution in [3.63, 3.8) is 0 Å². The number of likely N-dealkylation sites (N-methyl/N-ethyl adjacent to an activating group) is 1. The summed E-state index contributed by atoms with van der Waals surface area (Å²) in [5.74, 6) is -0.391. The van der Waals surface area contributed by atoms with E-state index in [2.05, 4.69) is 17.9 Å². The van der Waals surface area contributed by atoms with Gasteiger partial charge in [0.15, 0.2) is 0 Å². The van der Waals surface area contributed by atoms with Crippen molar-refractivity contribution in [1.29, 1.82) is 5.41 Å². The fraction of sp³-hybridized carbons (Fsp3) is 0.385. The largest absolute Gasteiger partial charge is 0.354 e. The quantitative estimate of drug-likeness (QED) is 0.550. The molecule has 0 radical (unpaired) electrons. The van der Waals surface area contributed by atoms with Gasteiger partial charge in [0.1, 0.15) is 5.71 Å².